The minimum atomic E-state index is -1.05. The molecule has 5 nitrogen and oxygen atoms in total. The van der Waals surface area contributed by atoms with E-state index in [9.17, 15) is 9.59 Å². The number of aromatic nitrogens is 1. The number of nitrogens with one attached hydrogen (secondary N) is 1. The molecule has 1 heterocycles. The Hall–Kier alpha value is -1.21. The van der Waals surface area contributed by atoms with Crippen LogP contribution in [0.4, 0.5) is 5.13 Å². The highest BCUT2D eigenvalue weighted by Crippen LogP contribution is 2.29. The number of hydrogen-bond acceptors (Lipinski definition) is 4. The summed E-state index contributed by atoms with van der Waals surface area (Å²) in [6, 6.07) is 0. The van der Waals surface area contributed by atoms with Crippen molar-refractivity contribution in [2.24, 2.45) is 0 Å². The molecule has 1 aromatic heterocycles. The molecular formula is C8H7BrN2O3S. The van der Waals surface area contributed by atoms with Crippen LogP contribution in [0.5, 0.6) is 0 Å². The van der Waals surface area contributed by atoms with E-state index in [1.54, 1.807) is 0 Å². The fourth-order valence-electron chi connectivity index (χ4n) is 0.770. The standard InChI is InChI=1S/C8H7BrN2O3S/c1-4(12)10-8-11-5(7(9)15-8)2-3-6(13)14/h2-3H,1H3,(H,13,14)(H,10,11,12)/b3-2+. The molecule has 0 atom stereocenters. The zero-order valence-electron chi connectivity index (χ0n) is 7.65. The molecule has 1 amide bonds. The monoisotopic (exact) mass is 290 g/mol. The van der Waals surface area contributed by atoms with Crippen LogP contribution in [0.2, 0.25) is 0 Å². The van der Waals surface area contributed by atoms with E-state index in [2.05, 4.69) is 26.2 Å². The molecule has 0 aliphatic heterocycles. The number of amides is 1. The number of nitrogens with zero attached hydrogens (tertiary/aromatic N) is 1. The normalized spacial score (nSPS) is 10.5. The number of hydrogen-bond donors (Lipinski definition) is 2. The second-order valence-corrected chi connectivity index (χ2v) is 4.85. The van der Waals surface area contributed by atoms with Gasteiger partial charge >= 0.3 is 5.97 Å². The maximum Gasteiger partial charge on any atom is 0.328 e. The number of rotatable bonds is 3. The van der Waals surface area contributed by atoms with Gasteiger partial charge in [0, 0.05) is 13.0 Å². The van der Waals surface area contributed by atoms with Gasteiger partial charge in [0.25, 0.3) is 0 Å². The zero-order valence-corrected chi connectivity index (χ0v) is 10.1. The van der Waals surface area contributed by atoms with Crippen LogP contribution in [-0.4, -0.2) is 22.0 Å². The number of carboxylic acid groups (broad SMARTS) is 1. The summed E-state index contributed by atoms with van der Waals surface area (Å²) in [4.78, 5) is 25.0. The Kier molecular flexibility index (Phi) is 3.98. The van der Waals surface area contributed by atoms with E-state index in [1.807, 2.05) is 0 Å². The highest BCUT2D eigenvalue weighted by molar-refractivity contribution is 9.11. The fourth-order valence-corrected chi connectivity index (χ4v) is 2.18. The molecule has 7 heteroatoms. The average Bonchev–Trinajstić information content (AvgIpc) is 2.41. The van der Waals surface area contributed by atoms with Gasteiger partial charge in [0.1, 0.15) is 0 Å². The van der Waals surface area contributed by atoms with Crippen LogP contribution in [0.15, 0.2) is 9.86 Å². The van der Waals surface area contributed by atoms with E-state index < -0.39 is 5.97 Å². The Morgan fingerprint density at radius 2 is 2.27 bits per heavy atom. The summed E-state index contributed by atoms with van der Waals surface area (Å²) in [6.45, 7) is 1.38. The van der Waals surface area contributed by atoms with Gasteiger partial charge in [0.05, 0.1) is 9.48 Å². The molecule has 0 aromatic carbocycles. The second-order valence-electron chi connectivity index (χ2n) is 2.53. The first-order valence-electron chi connectivity index (χ1n) is 3.84. The largest absolute Gasteiger partial charge is 0.478 e. The van der Waals surface area contributed by atoms with Crippen molar-refractivity contribution in [1.29, 1.82) is 0 Å². The molecule has 0 unspecified atom stereocenters. The summed E-state index contributed by atoms with van der Waals surface area (Å²) in [5.41, 5.74) is 0.478. The van der Waals surface area contributed by atoms with Crippen molar-refractivity contribution in [3.63, 3.8) is 0 Å². The van der Waals surface area contributed by atoms with Crippen LogP contribution in [0.25, 0.3) is 6.08 Å². The summed E-state index contributed by atoms with van der Waals surface area (Å²) in [5, 5.41) is 11.4. The van der Waals surface area contributed by atoms with Gasteiger partial charge in [-0.05, 0) is 22.0 Å². The summed E-state index contributed by atoms with van der Waals surface area (Å²) in [5.74, 6) is -1.26. The first-order valence-corrected chi connectivity index (χ1v) is 5.45. The lowest BCUT2D eigenvalue weighted by Gasteiger charge is -1.91. The van der Waals surface area contributed by atoms with Gasteiger partial charge in [-0.15, -0.1) is 0 Å². The molecule has 0 saturated carbocycles. The van der Waals surface area contributed by atoms with E-state index in [1.165, 1.54) is 24.3 Å². The molecular weight excluding hydrogens is 284 g/mol. The predicted octanol–water partition coefficient (Wildman–Crippen LogP) is 1.96. The molecule has 0 radical (unpaired) electrons. The highest BCUT2D eigenvalue weighted by Gasteiger charge is 2.07. The van der Waals surface area contributed by atoms with E-state index in [4.69, 9.17) is 5.11 Å². The molecule has 1 rings (SSSR count). The molecule has 0 spiro atoms. The molecule has 0 fully saturated rings. The van der Waals surface area contributed by atoms with Crippen molar-refractivity contribution in [1.82, 2.24) is 4.98 Å². The van der Waals surface area contributed by atoms with Gasteiger partial charge in [-0.3, -0.25) is 4.79 Å². The number of carbonyl (C=O) groups excluding carboxylic acids is 1. The minimum absolute atomic E-state index is 0.218. The van der Waals surface area contributed by atoms with Gasteiger partial charge < -0.3 is 10.4 Å². The topological polar surface area (TPSA) is 79.3 Å². The zero-order chi connectivity index (χ0) is 11.4. The summed E-state index contributed by atoms with van der Waals surface area (Å²) in [6.07, 6.45) is 2.34. The Balaban J connectivity index is 2.86. The maximum absolute atomic E-state index is 10.7. The van der Waals surface area contributed by atoms with Crippen LogP contribution in [0, 0.1) is 0 Å². The molecule has 0 saturated heterocycles. The van der Waals surface area contributed by atoms with Crippen molar-refractivity contribution in [2.75, 3.05) is 5.32 Å². The quantitative estimate of drug-likeness (QED) is 0.834. The SMILES string of the molecule is CC(=O)Nc1nc(/C=C/C(=O)O)c(Br)s1. The van der Waals surface area contributed by atoms with Crippen molar-refractivity contribution in [2.45, 2.75) is 6.92 Å². The Labute approximate surface area is 98.0 Å². The third kappa shape index (κ3) is 3.80. The molecule has 0 bridgehead atoms. The van der Waals surface area contributed by atoms with E-state index >= 15 is 0 Å². The predicted molar refractivity (Wildman–Crippen MR) is 60.8 cm³/mol. The number of carboxylic acids is 1. The first kappa shape index (κ1) is 11.9. The van der Waals surface area contributed by atoms with Crippen LogP contribution >= 0.6 is 27.3 Å². The van der Waals surface area contributed by atoms with Gasteiger partial charge in [-0.25, -0.2) is 9.78 Å². The Bertz CT molecular complexity index is 428. The van der Waals surface area contributed by atoms with Crippen LogP contribution in [-0.2, 0) is 9.59 Å². The van der Waals surface area contributed by atoms with Gasteiger partial charge in [-0.1, -0.05) is 11.3 Å². The third-order valence-corrected chi connectivity index (χ3v) is 2.94. The summed E-state index contributed by atoms with van der Waals surface area (Å²) in [7, 11) is 0. The average molecular weight is 291 g/mol. The van der Waals surface area contributed by atoms with Gasteiger partial charge in [-0.2, -0.15) is 0 Å². The Morgan fingerprint density at radius 3 is 2.80 bits per heavy atom. The molecule has 0 aliphatic rings. The maximum atomic E-state index is 10.7. The number of aliphatic carboxylic acids is 1. The Morgan fingerprint density at radius 1 is 1.60 bits per heavy atom. The molecule has 2 N–H and O–H groups in total. The van der Waals surface area contributed by atoms with E-state index in [0.717, 1.165) is 6.08 Å². The lowest BCUT2D eigenvalue weighted by molar-refractivity contribution is -0.131. The lowest BCUT2D eigenvalue weighted by atomic mass is 10.4. The number of anilines is 1. The number of thiazole rings is 1. The second kappa shape index (κ2) is 5.04. The molecule has 15 heavy (non-hydrogen) atoms. The first-order chi connectivity index (χ1) is 6.99. The van der Waals surface area contributed by atoms with Crippen molar-refractivity contribution in [3.05, 3.63) is 15.6 Å². The van der Waals surface area contributed by atoms with Gasteiger partial charge in [0.2, 0.25) is 5.91 Å². The van der Waals surface area contributed by atoms with Crippen molar-refractivity contribution < 1.29 is 14.7 Å². The highest BCUT2D eigenvalue weighted by atomic mass is 79.9. The van der Waals surface area contributed by atoms with Crippen LogP contribution in [0.1, 0.15) is 12.6 Å². The van der Waals surface area contributed by atoms with E-state index in [0.29, 0.717) is 14.6 Å². The molecule has 1 aromatic rings. The van der Waals surface area contributed by atoms with Crippen molar-refractivity contribution in [3.8, 4) is 0 Å². The summed E-state index contributed by atoms with van der Waals surface area (Å²) >= 11 is 4.44. The van der Waals surface area contributed by atoms with Crippen LogP contribution < -0.4 is 5.32 Å². The molecule has 0 aliphatic carbocycles. The number of carbonyl (C=O) groups is 2. The summed E-state index contributed by atoms with van der Waals surface area (Å²) < 4.78 is 0.670. The van der Waals surface area contributed by atoms with E-state index in [-0.39, 0.29) is 5.91 Å². The minimum Gasteiger partial charge on any atom is -0.478 e. The number of halogens is 1. The third-order valence-electron chi connectivity index (χ3n) is 1.28. The smallest absolute Gasteiger partial charge is 0.328 e. The molecule has 80 valence electrons. The lowest BCUT2D eigenvalue weighted by Crippen LogP contribution is -2.04. The van der Waals surface area contributed by atoms with Crippen molar-refractivity contribution >= 4 is 50.4 Å². The fraction of sp³-hybridized carbons (Fsp3) is 0.125. The van der Waals surface area contributed by atoms with Crippen LogP contribution in [0.3, 0.4) is 0 Å². The van der Waals surface area contributed by atoms with Gasteiger partial charge in [0.15, 0.2) is 5.13 Å².